The van der Waals surface area contributed by atoms with Gasteiger partial charge in [0.15, 0.2) is 0 Å². The summed E-state index contributed by atoms with van der Waals surface area (Å²) in [6, 6.07) is 9.58. The van der Waals surface area contributed by atoms with E-state index in [0.717, 1.165) is 18.7 Å². The van der Waals surface area contributed by atoms with E-state index in [2.05, 4.69) is 5.32 Å². The van der Waals surface area contributed by atoms with E-state index < -0.39 is 12.0 Å². The van der Waals surface area contributed by atoms with Gasteiger partial charge in [0.1, 0.15) is 6.04 Å². The zero-order valence-electron chi connectivity index (χ0n) is 9.10. The Balaban J connectivity index is 2.04. The molecule has 0 radical (unpaired) electrons. The zero-order chi connectivity index (χ0) is 11.4. The number of nitrogens with zero attached hydrogens (tertiary/aromatic N) is 1. The molecule has 4 nitrogen and oxygen atoms in total. The van der Waals surface area contributed by atoms with Crippen molar-refractivity contribution >= 4 is 5.97 Å². The highest BCUT2D eigenvalue weighted by atomic mass is 16.4. The summed E-state index contributed by atoms with van der Waals surface area (Å²) in [5.74, 6) is -0.747. The third-order valence-corrected chi connectivity index (χ3v) is 2.87. The molecule has 1 aromatic rings. The first-order chi connectivity index (χ1) is 7.77. The predicted octanol–water partition coefficient (Wildman–Crippen LogP) is 0.545. The molecule has 16 heavy (non-hydrogen) atoms. The first kappa shape index (κ1) is 11.1. The molecular formula is C12H16N2O2. The Morgan fingerprint density at radius 1 is 1.44 bits per heavy atom. The van der Waals surface area contributed by atoms with Crippen molar-refractivity contribution in [1.29, 1.82) is 0 Å². The molecule has 1 aliphatic rings. The largest absolute Gasteiger partial charge is 0.480 e. The average molecular weight is 220 g/mol. The lowest BCUT2D eigenvalue weighted by atomic mass is 10.1. The monoisotopic (exact) mass is 220 g/mol. The van der Waals surface area contributed by atoms with Gasteiger partial charge in [-0.2, -0.15) is 0 Å². The molecule has 0 spiro atoms. The third kappa shape index (κ3) is 2.59. The number of carboxylic acids is 1. The van der Waals surface area contributed by atoms with Gasteiger partial charge >= 0.3 is 5.97 Å². The van der Waals surface area contributed by atoms with Gasteiger partial charge in [0, 0.05) is 26.2 Å². The Bertz CT molecular complexity index is 353. The summed E-state index contributed by atoms with van der Waals surface area (Å²) in [5.41, 5.74) is 1.16. The molecule has 0 saturated carbocycles. The normalized spacial score (nSPS) is 21.9. The second kappa shape index (κ2) is 5.09. The summed E-state index contributed by atoms with van der Waals surface area (Å²) < 4.78 is 0. The number of hydrogen-bond donors (Lipinski definition) is 2. The maximum absolute atomic E-state index is 11.1. The van der Waals surface area contributed by atoms with Crippen LogP contribution in [0.15, 0.2) is 30.3 Å². The van der Waals surface area contributed by atoms with Crippen molar-refractivity contribution in [2.24, 2.45) is 0 Å². The van der Waals surface area contributed by atoms with Crippen LogP contribution >= 0.6 is 0 Å². The molecule has 0 aliphatic carbocycles. The van der Waals surface area contributed by atoms with Gasteiger partial charge in [0.2, 0.25) is 0 Å². The molecule has 1 unspecified atom stereocenters. The van der Waals surface area contributed by atoms with Gasteiger partial charge in [-0.05, 0) is 5.56 Å². The first-order valence-corrected chi connectivity index (χ1v) is 5.49. The minimum Gasteiger partial charge on any atom is -0.480 e. The highest BCUT2D eigenvalue weighted by Gasteiger charge is 2.27. The number of carboxylic acid groups (broad SMARTS) is 1. The van der Waals surface area contributed by atoms with Crippen LogP contribution in [0.25, 0.3) is 0 Å². The average Bonchev–Trinajstić information content (AvgIpc) is 2.31. The quantitative estimate of drug-likeness (QED) is 0.781. The Kier molecular flexibility index (Phi) is 3.54. The second-order valence-corrected chi connectivity index (χ2v) is 4.01. The Labute approximate surface area is 94.9 Å². The van der Waals surface area contributed by atoms with Gasteiger partial charge < -0.3 is 10.4 Å². The lowest BCUT2D eigenvalue weighted by Crippen LogP contribution is -2.54. The first-order valence-electron chi connectivity index (χ1n) is 5.49. The lowest BCUT2D eigenvalue weighted by Gasteiger charge is -2.33. The third-order valence-electron chi connectivity index (χ3n) is 2.87. The summed E-state index contributed by atoms with van der Waals surface area (Å²) >= 11 is 0. The molecule has 1 saturated heterocycles. The smallest absolute Gasteiger partial charge is 0.322 e. The molecule has 2 rings (SSSR count). The summed E-state index contributed by atoms with van der Waals surface area (Å²) in [7, 11) is 0. The fourth-order valence-electron chi connectivity index (χ4n) is 2.00. The van der Waals surface area contributed by atoms with Gasteiger partial charge in [0.05, 0.1) is 0 Å². The number of piperazine rings is 1. The molecule has 0 aromatic heterocycles. The fraction of sp³-hybridized carbons (Fsp3) is 0.417. The highest BCUT2D eigenvalue weighted by Crippen LogP contribution is 2.10. The number of rotatable bonds is 3. The van der Waals surface area contributed by atoms with Crippen LogP contribution in [0.3, 0.4) is 0 Å². The number of carbonyl (C=O) groups is 1. The predicted molar refractivity (Wildman–Crippen MR) is 61.1 cm³/mol. The molecule has 86 valence electrons. The van der Waals surface area contributed by atoms with Crippen LogP contribution in [0.1, 0.15) is 5.56 Å². The van der Waals surface area contributed by atoms with Gasteiger partial charge in [0.25, 0.3) is 0 Å². The van der Waals surface area contributed by atoms with Crippen molar-refractivity contribution < 1.29 is 9.90 Å². The summed E-state index contributed by atoms with van der Waals surface area (Å²) in [6.07, 6.45) is 0. The fourth-order valence-corrected chi connectivity index (χ4v) is 2.00. The highest BCUT2D eigenvalue weighted by molar-refractivity contribution is 5.74. The lowest BCUT2D eigenvalue weighted by molar-refractivity contribution is -0.144. The number of benzene rings is 1. The van der Waals surface area contributed by atoms with Gasteiger partial charge in [-0.1, -0.05) is 30.3 Å². The van der Waals surface area contributed by atoms with E-state index in [1.807, 2.05) is 35.2 Å². The minimum atomic E-state index is -0.747. The molecule has 1 atom stereocenters. The number of hydrogen-bond acceptors (Lipinski definition) is 3. The van der Waals surface area contributed by atoms with Crippen LogP contribution in [-0.2, 0) is 11.3 Å². The van der Waals surface area contributed by atoms with E-state index in [1.165, 1.54) is 0 Å². The maximum atomic E-state index is 11.1. The molecular weight excluding hydrogens is 204 g/mol. The number of nitrogens with one attached hydrogen (secondary N) is 1. The van der Waals surface area contributed by atoms with Crippen molar-refractivity contribution in [3.8, 4) is 0 Å². The van der Waals surface area contributed by atoms with E-state index in [4.69, 9.17) is 5.11 Å². The van der Waals surface area contributed by atoms with Crippen LogP contribution in [-0.4, -0.2) is 41.7 Å². The maximum Gasteiger partial charge on any atom is 0.322 e. The molecule has 2 N–H and O–H groups in total. The molecule has 0 amide bonds. The van der Waals surface area contributed by atoms with Crippen molar-refractivity contribution in [1.82, 2.24) is 10.2 Å². The van der Waals surface area contributed by atoms with E-state index in [0.29, 0.717) is 13.1 Å². The topological polar surface area (TPSA) is 52.6 Å². The number of aliphatic carboxylic acids is 1. The Morgan fingerprint density at radius 3 is 2.88 bits per heavy atom. The van der Waals surface area contributed by atoms with Gasteiger partial charge in [-0.15, -0.1) is 0 Å². The molecule has 1 aliphatic heterocycles. The van der Waals surface area contributed by atoms with Crippen LogP contribution in [0.5, 0.6) is 0 Å². The standard InChI is InChI=1S/C12H16N2O2/c15-12(16)11-8-13-6-7-14(11)9-10-4-2-1-3-5-10/h1-5,11,13H,6-9H2,(H,15,16). The Hall–Kier alpha value is -1.39. The van der Waals surface area contributed by atoms with Crippen molar-refractivity contribution in [2.45, 2.75) is 12.6 Å². The molecule has 1 heterocycles. The van der Waals surface area contributed by atoms with Crippen LogP contribution in [0, 0.1) is 0 Å². The van der Waals surface area contributed by atoms with E-state index in [-0.39, 0.29) is 0 Å². The van der Waals surface area contributed by atoms with Crippen molar-refractivity contribution in [3.63, 3.8) is 0 Å². The van der Waals surface area contributed by atoms with E-state index >= 15 is 0 Å². The van der Waals surface area contributed by atoms with Crippen LogP contribution in [0.4, 0.5) is 0 Å². The van der Waals surface area contributed by atoms with Crippen LogP contribution < -0.4 is 5.32 Å². The van der Waals surface area contributed by atoms with E-state index in [1.54, 1.807) is 0 Å². The van der Waals surface area contributed by atoms with Crippen LogP contribution in [0.2, 0.25) is 0 Å². The van der Waals surface area contributed by atoms with Crippen molar-refractivity contribution in [2.75, 3.05) is 19.6 Å². The van der Waals surface area contributed by atoms with Gasteiger partial charge in [-0.3, -0.25) is 9.69 Å². The van der Waals surface area contributed by atoms with Crippen molar-refractivity contribution in [3.05, 3.63) is 35.9 Å². The summed E-state index contributed by atoms with van der Waals surface area (Å²) in [6.45, 7) is 2.88. The second-order valence-electron chi connectivity index (χ2n) is 4.01. The van der Waals surface area contributed by atoms with E-state index in [9.17, 15) is 4.79 Å². The molecule has 4 heteroatoms. The Morgan fingerprint density at radius 2 is 2.19 bits per heavy atom. The molecule has 0 bridgehead atoms. The molecule has 1 aromatic carbocycles. The van der Waals surface area contributed by atoms with Gasteiger partial charge in [-0.25, -0.2) is 0 Å². The summed E-state index contributed by atoms with van der Waals surface area (Å²) in [4.78, 5) is 13.1. The SMILES string of the molecule is O=C(O)C1CNCCN1Cc1ccccc1. The minimum absolute atomic E-state index is 0.408. The summed E-state index contributed by atoms with van der Waals surface area (Å²) in [5, 5.41) is 12.2. The molecule has 1 fully saturated rings. The zero-order valence-corrected chi connectivity index (χ0v) is 9.10.